The summed E-state index contributed by atoms with van der Waals surface area (Å²) in [6, 6.07) is 5.80. The molecule has 1 fully saturated rings. The van der Waals surface area contributed by atoms with Crippen LogP contribution in [0.2, 0.25) is 5.02 Å². The first-order valence-electron chi connectivity index (χ1n) is 11.1. The molecule has 3 aromatic rings. The van der Waals surface area contributed by atoms with Crippen molar-refractivity contribution in [2.75, 3.05) is 24.3 Å². The number of aromatic nitrogens is 2. The summed E-state index contributed by atoms with van der Waals surface area (Å²) in [5, 5.41) is 5.31. The van der Waals surface area contributed by atoms with Crippen LogP contribution in [-0.4, -0.2) is 52.2 Å². The normalized spacial score (nSPS) is 17.4. The molecule has 0 radical (unpaired) electrons. The average Bonchev–Trinajstić information content (AvgIpc) is 3.31. The van der Waals surface area contributed by atoms with E-state index in [2.05, 4.69) is 15.6 Å². The van der Waals surface area contributed by atoms with Crippen molar-refractivity contribution in [2.24, 2.45) is 0 Å². The highest BCUT2D eigenvalue weighted by Gasteiger charge is 2.40. The monoisotopic (exact) mass is 553 g/mol. The SMILES string of the molecule is CO[C@@H]1C[C@H](C(=O)Nc2ccc(-n3cc(C(F)(F)F)ccc3=O)cc2F)N(C(=O)Nc2ccc(Cl)cn2)C1. The van der Waals surface area contributed by atoms with Gasteiger partial charge >= 0.3 is 12.2 Å². The van der Waals surface area contributed by atoms with Gasteiger partial charge in [0.05, 0.1) is 28.1 Å². The third-order valence-electron chi connectivity index (χ3n) is 5.85. The van der Waals surface area contributed by atoms with E-state index in [1.165, 1.54) is 36.4 Å². The molecule has 1 aliphatic heterocycles. The molecule has 3 heterocycles. The van der Waals surface area contributed by atoms with E-state index in [-0.39, 0.29) is 30.2 Å². The molecule has 0 saturated carbocycles. The Kier molecular flexibility index (Phi) is 7.69. The second-order valence-electron chi connectivity index (χ2n) is 8.33. The zero-order chi connectivity index (χ0) is 27.6. The highest BCUT2D eigenvalue weighted by molar-refractivity contribution is 6.30. The molecule has 200 valence electrons. The average molecular weight is 554 g/mol. The van der Waals surface area contributed by atoms with Gasteiger partial charge in [-0.2, -0.15) is 13.2 Å². The zero-order valence-electron chi connectivity index (χ0n) is 19.6. The molecule has 38 heavy (non-hydrogen) atoms. The second kappa shape index (κ2) is 10.8. The number of rotatable bonds is 5. The number of hydrogen-bond acceptors (Lipinski definition) is 5. The number of methoxy groups -OCH3 is 1. The maximum Gasteiger partial charge on any atom is 0.417 e. The number of halogens is 5. The number of nitrogens with zero attached hydrogens (tertiary/aromatic N) is 3. The number of nitrogens with one attached hydrogen (secondary N) is 2. The number of anilines is 2. The fourth-order valence-corrected chi connectivity index (χ4v) is 4.01. The lowest BCUT2D eigenvalue weighted by Crippen LogP contribution is -2.45. The molecule has 1 aromatic carbocycles. The molecule has 9 nitrogen and oxygen atoms in total. The molecule has 1 aliphatic rings. The van der Waals surface area contributed by atoms with Gasteiger partial charge in [-0.15, -0.1) is 0 Å². The number of hydrogen-bond donors (Lipinski definition) is 2. The predicted octanol–water partition coefficient (Wildman–Crippen LogP) is 4.30. The summed E-state index contributed by atoms with van der Waals surface area (Å²) in [5.41, 5.74) is -2.36. The third-order valence-corrected chi connectivity index (χ3v) is 6.07. The molecule has 0 unspecified atom stereocenters. The summed E-state index contributed by atoms with van der Waals surface area (Å²) in [7, 11) is 1.43. The van der Waals surface area contributed by atoms with E-state index in [0.29, 0.717) is 21.9 Å². The third kappa shape index (κ3) is 5.94. The lowest BCUT2D eigenvalue weighted by molar-refractivity contribution is -0.138. The van der Waals surface area contributed by atoms with Crippen molar-refractivity contribution in [1.82, 2.24) is 14.5 Å². The van der Waals surface area contributed by atoms with Gasteiger partial charge in [0, 0.05) is 44.6 Å². The van der Waals surface area contributed by atoms with Crippen LogP contribution in [0.15, 0.2) is 59.7 Å². The summed E-state index contributed by atoms with van der Waals surface area (Å²) in [6.07, 6.45) is -3.14. The molecule has 0 aliphatic carbocycles. The van der Waals surface area contributed by atoms with Gasteiger partial charge < -0.3 is 15.0 Å². The fraction of sp³-hybridized carbons (Fsp3) is 0.250. The number of carbonyl (C=O) groups excluding carboxylic acids is 2. The molecule has 1 saturated heterocycles. The first kappa shape index (κ1) is 27.1. The molecule has 2 atom stereocenters. The summed E-state index contributed by atoms with van der Waals surface area (Å²) in [5.74, 6) is -1.51. The fourth-order valence-electron chi connectivity index (χ4n) is 3.90. The Labute approximate surface area is 218 Å². The quantitative estimate of drug-likeness (QED) is 0.458. The minimum atomic E-state index is -4.70. The van der Waals surface area contributed by atoms with E-state index in [4.69, 9.17) is 16.3 Å². The van der Waals surface area contributed by atoms with Crippen molar-refractivity contribution in [3.63, 3.8) is 0 Å². The van der Waals surface area contributed by atoms with Crippen LogP contribution in [0.1, 0.15) is 12.0 Å². The Hall–Kier alpha value is -3.97. The van der Waals surface area contributed by atoms with Gasteiger partial charge in [-0.3, -0.25) is 19.5 Å². The van der Waals surface area contributed by atoms with Crippen molar-refractivity contribution in [2.45, 2.75) is 24.7 Å². The number of carbonyl (C=O) groups is 2. The molecule has 2 N–H and O–H groups in total. The molecule has 2 aromatic heterocycles. The number of likely N-dealkylation sites (tertiary alicyclic amines) is 1. The first-order valence-corrected chi connectivity index (χ1v) is 11.5. The van der Waals surface area contributed by atoms with Crippen molar-refractivity contribution in [3.05, 3.63) is 81.6 Å². The van der Waals surface area contributed by atoms with Gasteiger partial charge in [0.2, 0.25) is 5.91 Å². The topological polar surface area (TPSA) is 106 Å². The highest BCUT2D eigenvalue weighted by Crippen LogP contribution is 2.29. The number of pyridine rings is 2. The maximum atomic E-state index is 14.9. The van der Waals surface area contributed by atoms with Crippen molar-refractivity contribution in [3.8, 4) is 5.69 Å². The van der Waals surface area contributed by atoms with Crippen molar-refractivity contribution in [1.29, 1.82) is 0 Å². The first-order chi connectivity index (χ1) is 18.0. The Morgan fingerprint density at radius 1 is 1.13 bits per heavy atom. The van der Waals surface area contributed by atoms with Crippen molar-refractivity contribution >= 4 is 35.0 Å². The van der Waals surface area contributed by atoms with E-state index in [1.54, 1.807) is 0 Å². The van der Waals surface area contributed by atoms with Gasteiger partial charge in [0.25, 0.3) is 5.56 Å². The van der Waals surface area contributed by atoms with Crippen LogP contribution in [0.3, 0.4) is 0 Å². The van der Waals surface area contributed by atoms with Gasteiger partial charge in [-0.05, 0) is 30.3 Å². The Morgan fingerprint density at radius 3 is 2.53 bits per heavy atom. The van der Waals surface area contributed by atoms with Gasteiger partial charge in [-0.25, -0.2) is 14.2 Å². The van der Waals surface area contributed by atoms with Crippen LogP contribution in [0.5, 0.6) is 0 Å². The van der Waals surface area contributed by atoms with E-state index >= 15 is 0 Å². The van der Waals surface area contributed by atoms with E-state index in [9.17, 15) is 31.9 Å². The zero-order valence-corrected chi connectivity index (χ0v) is 20.4. The minimum absolute atomic E-state index is 0.0773. The number of amides is 3. The lowest BCUT2D eigenvalue weighted by atomic mass is 10.1. The summed E-state index contributed by atoms with van der Waals surface area (Å²) < 4.78 is 60.0. The molecule has 3 amide bonds. The second-order valence-corrected chi connectivity index (χ2v) is 8.77. The molecular formula is C24H20ClF4N5O4. The summed E-state index contributed by atoms with van der Waals surface area (Å²) >= 11 is 5.80. The van der Waals surface area contributed by atoms with Gasteiger partial charge in [-0.1, -0.05) is 11.6 Å². The Balaban J connectivity index is 1.52. The van der Waals surface area contributed by atoms with E-state index in [0.717, 1.165) is 18.2 Å². The number of alkyl halides is 3. The number of urea groups is 1. The smallest absolute Gasteiger partial charge is 0.380 e. The summed E-state index contributed by atoms with van der Waals surface area (Å²) in [4.78, 5) is 43.2. The maximum absolute atomic E-state index is 14.9. The molecule has 0 bridgehead atoms. The Bertz CT molecular complexity index is 1410. The molecule has 14 heteroatoms. The highest BCUT2D eigenvalue weighted by atomic mass is 35.5. The van der Waals surface area contributed by atoms with E-state index in [1.807, 2.05) is 0 Å². The standard InChI is InChI=1S/C24H20ClF4N5O4/c1-38-16-9-19(34(12-16)23(37)32-20-6-3-14(25)10-30-20)22(36)31-18-5-4-15(8-17(18)26)33-11-13(24(27,28)29)2-7-21(33)35/h2-8,10-11,16,19H,9,12H2,1H3,(H,31,36)(H,30,32,37)/t16-,19-/m1/s1. The Morgan fingerprint density at radius 2 is 1.89 bits per heavy atom. The summed E-state index contributed by atoms with van der Waals surface area (Å²) in [6.45, 7) is 0.0773. The van der Waals surface area contributed by atoms with Gasteiger partial charge in [0.1, 0.15) is 17.7 Å². The van der Waals surface area contributed by atoms with Crippen molar-refractivity contribution < 1.29 is 31.9 Å². The van der Waals surface area contributed by atoms with Crippen LogP contribution >= 0.6 is 11.6 Å². The van der Waals surface area contributed by atoms with Crippen LogP contribution in [-0.2, 0) is 15.7 Å². The predicted molar refractivity (Wildman–Crippen MR) is 130 cm³/mol. The number of benzene rings is 1. The lowest BCUT2D eigenvalue weighted by Gasteiger charge is -2.24. The van der Waals surface area contributed by atoms with E-state index < -0.39 is 47.2 Å². The van der Waals surface area contributed by atoms with Gasteiger partial charge in [0.15, 0.2) is 0 Å². The largest absolute Gasteiger partial charge is 0.417 e. The molecular weight excluding hydrogens is 534 g/mol. The van der Waals surface area contributed by atoms with Crippen LogP contribution in [0.25, 0.3) is 5.69 Å². The van der Waals surface area contributed by atoms with Crippen LogP contribution in [0, 0.1) is 5.82 Å². The minimum Gasteiger partial charge on any atom is -0.380 e. The molecule has 0 spiro atoms. The van der Waals surface area contributed by atoms with Crippen LogP contribution in [0.4, 0.5) is 33.9 Å². The van der Waals surface area contributed by atoms with Crippen LogP contribution < -0.4 is 16.2 Å². The number of ether oxygens (including phenoxy) is 1. The molecule has 4 rings (SSSR count).